The number of carbonyl (C=O) groups excluding carboxylic acids is 3. The number of hydrogen-bond acceptors (Lipinski definition) is 6. The Morgan fingerprint density at radius 1 is 1.15 bits per heavy atom. The van der Waals surface area contributed by atoms with Crippen molar-refractivity contribution in [2.45, 2.75) is 6.92 Å². The van der Waals surface area contributed by atoms with Crippen molar-refractivity contribution in [1.82, 2.24) is 15.8 Å². The van der Waals surface area contributed by atoms with Gasteiger partial charge in [0, 0.05) is 12.6 Å². The smallest absolute Gasteiger partial charge is 0.269 e. The SMILES string of the molecule is CCOc1ccc(C(=O)NNC(=O)CN(C)C(=O)c2cccs2)cc1OC. The van der Waals surface area contributed by atoms with Crippen molar-refractivity contribution in [2.75, 3.05) is 27.3 Å². The number of nitrogens with zero attached hydrogens (tertiary/aromatic N) is 1. The molecule has 0 aliphatic rings. The van der Waals surface area contributed by atoms with Crippen molar-refractivity contribution in [3.05, 3.63) is 46.2 Å². The first-order chi connectivity index (χ1) is 13.0. The van der Waals surface area contributed by atoms with Crippen molar-refractivity contribution < 1.29 is 23.9 Å². The first-order valence-electron chi connectivity index (χ1n) is 8.15. The number of methoxy groups -OCH3 is 1. The van der Waals surface area contributed by atoms with E-state index in [0.717, 1.165) is 0 Å². The average molecular weight is 391 g/mol. The summed E-state index contributed by atoms with van der Waals surface area (Å²) in [5.74, 6) is -0.361. The van der Waals surface area contributed by atoms with E-state index >= 15 is 0 Å². The van der Waals surface area contributed by atoms with Gasteiger partial charge in [0.2, 0.25) is 0 Å². The highest BCUT2D eigenvalue weighted by atomic mass is 32.1. The minimum absolute atomic E-state index is 0.191. The standard InChI is InChI=1S/C18H21N3O5S/c1-4-26-13-8-7-12(10-14(13)25-3)17(23)20-19-16(22)11-21(2)18(24)15-6-5-9-27-15/h5-10H,4,11H2,1-3H3,(H,19,22)(H,20,23). The van der Waals surface area contributed by atoms with Crippen molar-refractivity contribution in [3.8, 4) is 11.5 Å². The van der Waals surface area contributed by atoms with Crippen LogP contribution in [0.3, 0.4) is 0 Å². The summed E-state index contributed by atoms with van der Waals surface area (Å²) in [5, 5.41) is 1.78. The average Bonchev–Trinajstić information content (AvgIpc) is 3.20. The summed E-state index contributed by atoms with van der Waals surface area (Å²) in [6, 6.07) is 8.13. The van der Waals surface area contributed by atoms with E-state index in [-0.39, 0.29) is 12.5 Å². The number of hydrogen-bond donors (Lipinski definition) is 2. The fraction of sp³-hybridized carbons (Fsp3) is 0.278. The number of amides is 3. The van der Waals surface area contributed by atoms with Gasteiger partial charge in [-0.1, -0.05) is 6.07 Å². The Bertz CT molecular complexity index is 807. The molecule has 0 atom stereocenters. The molecule has 9 heteroatoms. The summed E-state index contributed by atoms with van der Waals surface area (Å²) in [4.78, 5) is 38.1. The summed E-state index contributed by atoms with van der Waals surface area (Å²) in [6.07, 6.45) is 0. The number of thiophene rings is 1. The van der Waals surface area contributed by atoms with Crippen molar-refractivity contribution in [1.29, 1.82) is 0 Å². The van der Waals surface area contributed by atoms with Crippen LogP contribution in [0.1, 0.15) is 27.0 Å². The number of rotatable bonds is 7. The number of likely N-dealkylation sites (N-methyl/N-ethyl adjacent to an activating group) is 1. The summed E-state index contributed by atoms with van der Waals surface area (Å²) in [6.45, 7) is 2.12. The quantitative estimate of drug-likeness (QED) is 0.700. The van der Waals surface area contributed by atoms with Crippen LogP contribution in [0, 0.1) is 0 Å². The molecule has 1 aromatic carbocycles. The van der Waals surface area contributed by atoms with Crippen LogP contribution in [0.15, 0.2) is 35.7 Å². The Balaban J connectivity index is 1.89. The third-order valence-electron chi connectivity index (χ3n) is 3.50. The van der Waals surface area contributed by atoms with E-state index in [4.69, 9.17) is 9.47 Å². The highest BCUT2D eigenvalue weighted by molar-refractivity contribution is 7.12. The lowest BCUT2D eigenvalue weighted by molar-refractivity contribution is -0.122. The van der Waals surface area contributed by atoms with Crippen LogP contribution in [0.25, 0.3) is 0 Å². The molecule has 2 N–H and O–H groups in total. The normalized spacial score (nSPS) is 10.0. The van der Waals surface area contributed by atoms with Gasteiger partial charge in [-0.05, 0) is 36.6 Å². The summed E-state index contributed by atoms with van der Waals surface area (Å²) < 4.78 is 10.6. The Morgan fingerprint density at radius 3 is 2.56 bits per heavy atom. The van der Waals surface area contributed by atoms with Crippen LogP contribution in [0.2, 0.25) is 0 Å². The minimum atomic E-state index is -0.520. The van der Waals surface area contributed by atoms with Crippen LogP contribution in [0.5, 0.6) is 11.5 Å². The number of hydrazine groups is 1. The second-order valence-corrected chi connectivity index (χ2v) is 6.39. The Hall–Kier alpha value is -3.07. The molecule has 1 aromatic heterocycles. The van der Waals surface area contributed by atoms with Gasteiger partial charge >= 0.3 is 0 Å². The van der Waals surface area contributed by atoms with Crippen LogP contribution in [0.4, 0.5) is 0 Å². The maximum atomic E-state index is 12.2. The molecule has 0 aliphatic heterocycles. The Kier molecular flexibility index (Phi) is 7.18. The highest BCUT2D eigenvalue weighted by Crippen LogP contribution is 2.27. The third-order valence-corrected chi connectivity index (χ3v) is 4.36. The van der Waals surface area contributed by atoms with Gasteiger partial charge < -0.3 is 14.4 Å². The van der Waals surface area contributed by atoms with Crippen LogP contribution in [-0.4, -0.2) is 49.9 Å². The molecule has 0 radical (unpaired) electrons. The molecule has 27 heavy (non-hydrogen) atoms. The fourth-order valence-electron chi connectivity index (χ4n) is 2.20. The zero-order valence-corrected chi connectivity index (χ0v) is 16.1. The second-order valence-electron chi connectivity index (χ2n) is 5.44. The van der Waals surface area contributed by atoms with Crippen LogP contribution in [-0.2, 0) is 4.79 Å². The third kappa shape index (κ3) is 5.45. The predicted octanol–water partition coefficient (Wildman–Crippen LogP) is 1.69. The van der Waals surface area contributed by atoms with Crippen LogP contribution >= 0.6 is 11.3 Å². The number of carbonyl (C=O) groups is 3. The van der Waals surface area contributed by atoms with Gasteiger partial charge in [0.1, 0.15) is 6.54 Å². The van der Waals surface area contributed by atoms with Crippen molar-refractivity contribution in [3.63, 3.8) is 0 Å². The van der Waals surface area contributed by atoms with Crippen molar-refractivity contribution in [2.24, 2.45) is 0 Å². The van der Waals surface area contributed by atoms with E-state index in [2.05, 4.69) is 10.9 Å². The lowest BCUT2D eigenvalue weighted by Gasteiger charge is -2.16. The van der Waals surface area contributed by atoms with E-state index in [1.807, 2.05) is 6.92 Å². The van der Waals surface area contributed by atoms with E-state index in [9.17, 15) is 14.4 Å². The largest absolute Gasteiger partial charge is 0.493 e. The molecule has 0 unspecified atom stereocenters. The molecule has 3 amide bonds. The minimum Gasteiger partial charge on any atom is -0.493 e. The van der Waals surface area contributed by atoms with E-state index in [1.165, 1.54) is 36.5 Å². The van der Waals surface area contributed by atoms with Crippen molar-refractivity contribution >= 4 is 29.1 Å². The zero-order chi connectivity index (χ0) is 19.8. The summed E-state index contributed by atoms with van der Waals surface area (Å²) in [7, 11) is 2.99. The van der Waals surface area contributed by atoms with Gasteiger partial charge in [0.05, 0.1) is 18.6 Å². The summed E-state index contributed by atoms with van der Waals surface area (Å²) >= 11 is 1.30. The monoisotopic (exact) mass is 391 g/mol. The molecule has 0 saturated carbocycles. The maximum Gasteiger partial charge on any atom is 0.269 e. The van der Waals surface area contributed by atoms with E-state index in [0.29, 0.717) is 28.5 Å². The first-order valence-corrected chi connectivity index (χ1v) is 9.03. The van der Waals surface area contributed by atoms with Gasteiger partial charge in [-0.3, -0.25) is 25.2 Å². The predicted molar refractivity (Wildman–Crippen MR) is 101 cm³/mol. The van der Waals surface area contributed by atoms with E-state index in [1.54, 1.807) is 29.6 Å². The van der Waals surface area contributed by atoms with Gasteiger partial charge in [-0.15, -0.1) is 11.3 Å². The maximum absolute atomic E-state index is 12.2. The highest BCUT2D eigenvalue weighted by Gasteiger charge is 2.17. The lowest BCUT2D eigenvalue weighted by atomic mass is 10.2. The molecular weight excluding hydrogens is 370 g/mol. The lowest BCUT2D eigenvalue weighted by Crippen LogP contribution is -2.46. The molecular formula is C18H21N3O5S. The topological polar surface area (TPSA) is 97.0 Å². The molecule has 0 aliphatic carbocycles. The van der Waals surface area contributed by atoms with Gasteiger partial charge in [0.25, 0.3) is 17.7 Å². The molecule has 0 bridgehead atoms. The molecule has 2 rings (SSSR count). The number of ether oxygens (including phenoxy) is 2. The molecule has 2 aromatic rings. The molecule has 144 valence electrons. The number of nitrogens with one attached hydrogen (secondary N) is 2. The number of benzene rings is 1. The second kappa shape index (κ2) is 9.58. The first kappa shape index (κ1) is 20.2. The molecule has 0 saturated heterocycles. The molecule has 0 fully saturated rings. The van der Waals surface area contributed by atoms with Crippen LogP contribution < -0.4 is 20.3 Å². The van der Waals surface area contributed by atoms with E-state index < -0.39 is 11.8 Å². The molecule has 1 heterocycles. The Labute approximate surface area is 161 Å². The Morgan fingerprint density at radius 2 is 1.93 bits per heavy atom. The zero-order valence-electron chi connectivity index (χ0n) is 15.3. The summed E-state index contributed by atoms with van der Waals surface area (Å²) in [5.41, 5.74) is 4.89. The molecule has 0 spiro atoms. The van der Waals surface area contributed by atoms with Gasteiger partial charge in [-0.2, -0.15) is 0 Å². The van der Waals surface area contributed by atoms with Gasteiger partial charge in [0.15, 0.2) is 11.5 Å². The molecule has 8 nitrogen and oxygen atoms in total. The van der Waals surface area contributed by atoms with Gasteiger partial charge in [-0.25, -0.2) is 0 Å². The fourth-order valence-corrected chi connectivity index (χ4v) is 2.91.